The molecule has 0 atom stereocenters. The van der Waals surface area contributed by atoms with Gasteiger partial charge in [0.1, 0.15) is 0 Å². The van der Waals surface area contributed by atoms with E-state index in [0.717, 1.165) is 17.8 Å². The first-order valence-corrected chi connectivity index (χ1v) is 8.23. The largest absolute Gasteiger partial charge is 0.236 e. The first kappa shape index (κ1) is 15.7. The second kappa shape index (κ2) is 8.56. The van der Waals surface area contributed by atoms with E-state index in [4.69, 9.17) is 0 Å². The molecule has 112 valence electrons. The van der Waals surface area contributed by atoms with Crippen LogP contribution >= 0.6 is 0 Å². The van der Waals surface area contributed by atoms with Crippen LogP contribution in [-0.4, -0.2) is 9.97 Å². The summed E-state index contributed by atoms with van der Waals surface area (Å²) in [6.45, 7) is 4.45. The molecule has 1 aromatic carbocycles. The summed E-state index contributed by atoms with van der Waals surface area (Å²) in [7, 11) is 0. The number of rotatable bonds is 8. The maximum absolute atomic E-state index is 4.50. The fourth-order valence-electron chi connectivity index (χ4n) is 2.41. The molecule has 0 aliphatic carbocycles. The molecule has 2 rings (SSSR count). The van der Waals surface area contributed by atoms with Crippen molar-refractivity contribution in [3.8, 4) is 11.4 Å². The van der Waals surface area contributed by atoms with Crippen molar-refractivity contribution in [2.45, 2.75) is 58.8 Å². The highest BCUT2D eigenvalue weighted by Crippen LogP contribution is 2.17. The Balaban J connectivity index is 1.97. The molecule has 0 aliphatic rings. The number of aryl methyl sites for hydroxylation is 2. The highest BCUT2D eigenvalue weighted by atomic mass is 14.9. The number of hydrogen-bond donors (Lipinski definition) is 0. The molecule has 0 unspecified atom stereocenters. The van der Waals surface area contributed by atoms with Gasteiger partial charge in [0, 0.05) is 18.0 Å². The molecule has 2 nitrogen and oxygen atoms in total. The van der Waals surface area contributed by atoms with Crippen LogP contribution in [0.4, 0.5) is 0 Å². The van der Waals surface area contributed by atoms with Crippen molar-refractivity contribution in [1.29, 1.82) is 0 Å². The van der Waals surface area contributed by atoms with Crippen molar-refractivity contribution in [3.05, 3.63) is 47.8 Å². The van der Waals surface area contributed by atoms with Gasteiger partial charge in [-0.05, 0) is 36.8 Å². The third-order valence-corrected chi connectivity index (χ3v) is 3.81. The Morgan fingerprint density at radius 1 is 0.714 bits per heavy atom. The van der Waals surface area contributed by atoms with Gasteiger partial charge in [-0.15, -0.1) is 0 Å². The minimum Gasteiger partial charge on any atom is -0.236 e. The third kappa shape index (κ3) is 4.96. The first-order chi connectivity index (χ1) is 10.3. The predicted octanol–water partition coefficient (Wildman–Crippen LogP) is 5.22. The molecule has 0 radical (unpaired) electrons. The van der Waals surface area contributed by atoms with Crippen LogP contribution in [-0.2, 0) is 12.8 Å². The maximum atomic E-state index is 4.50. The molecule has 0 amide bonds. The van der Waals surface area contributed by atoms with Crippen LogP contribution in [0.1, 0.15) is 57.1 Å². The molecular formula is C19H26N2. The van der Waals surface area contributed by atoms with Gasteiger partial charge in [-0.3, -0.25) is 0 Å². The number of unbranched alkanes of at least 4 members (excludes halogenated alkanes) is 3. The molecule has 0 fully saturated rings. The van der Waals surface area contributed by atoms with Crippen molar-refractivity contribution in [1.82, 2.24) is 9.97 Å². The maximum Gasteiger partial charge on any atom is 0.159 e. The van der Waals surface area contributed by atoms with Gasteiger partial charge < -0.3 is 0 Å². The zero-order chi connectivity index (χ0) is 14.9. The van der Waals surface area contributed by atoms with E-state index in [1.54, 1.807) is 0 Å². The molecule has 1 heterocycles. The summed E-state index contributed by atoms with van der Waals surface area (Å²) in [6, 6.07) is 8.70. The van der Waals surface area contributed by atoms with Crippen molar-refractivity contribution in [2.24, 2.45) is 0 Å². The summed E-state index contributed by atoms with van der Waals surface area (Å²) in [5.74, 6) is 0.829. The number of benzene rings is 1. The Labute approximate surface area is 128 Å². The van der Waals surface area contributed by atoms with Crippen LogP contribution in [0.2, 0.25) is 0 Å². The average molecular weight is 282 g/mol. The molecule has 1 aromatic heterocycles. The van der Waals surface area contributed by atoms with Gasteiger partial charge in [-0.2, -0.15) is 0 Å². The third-order valence-electron chi connectivity index (χ3n) is 3.81. The van der Waals surface area contributed by atoms with Gasteiger partial charge in [0.2, 0.25) is 0 Å². The molecule has 0 saturated heterocycles. The van der Waals surface area contributed by atoms with Gasteiger partial charge in [0.15, 0.2) is 5.82 Å². The molecule has 2 aromatic rings. The van der Waals surface area contributed by atoms with E-state index in [9.17, 15) is 0 Å². The van der Waals surface area contributed by atoms with E-state index in [0.29, 0.717) is 0 Å². The molecule has 0 saturated carbocycles. The normalized spacial score (nSPS) is 10.8. The lowest BCUT2D eigenvalue weighted by molar-refractivity contribution is 0.717. The monoisotopic (exact) mass is 282 g/mol. The Morgan fingerprint density at radius 3 is 1.95 bits per heavy atom. The van der Waals surface area contributed by atoms with E-state index in [2.05, 4.69) is 48.1 Å². The number of hydrogen-bond acceptors (Lipinski definition) is 2. The standard InChI is InChI=1S/C19H26N2/c1-3-5-7-9-16-10-12-18(13-11-16)19-20-14-17(15-21-19)8-6-4-2/h10-15H,3-9H2,1-2H3. The zero-order valence-electron chi connectivity index (χ0n) is 13.3. The van der Waals surface area contributed by atoms with Crippen LogP contribution in [0, 0.1) is 0 Å². The predicted molar refractivity (Wildman–Crippen MR) is 89.3 cm³/mol. The summed E-state index contributed by atoms with van der Waals surface area (Å²) >= 11 is 0. The van der Waals surface area contributed by atoms with Crippen molar-refractivity contribution >= 4 is 0 Å². The van der Waals surface area contributed by atoms with Crippen molar-refractivity contribution in [2.75, 3.05) is 0 Å². The fraction of sp³-hybridized carbons (Fsp3) is 0.474. The lowest BCUT2D eigenvalue weighted by Crippen LogP contribution is -1.93. The van der Waals surface area contributed by atoms with Crippen LogP contribution in [0.3, 0.4) is 0 Å². The highest BCUT2D eigenvalue weighted by Gasteiger charge is 2.02. The van der Waals surface area contributed by atoms with Gasteiger partial charge in [-0.25, -0.2) is 9.97 Å². The summed E-state index contributed by atoms with van der Waals surface area (Å²) in [5.41, 5.74) is 3.75. The Morgan fingerprint density at radius 2 is 1.33 bits per heavy atom. The molecule has 2 heteroatoms. The second-order valence-electron chi connectivity index (χ2n) is 5.67. The molecular weight excluding hydrogens is 256 g/mol. The van der Waals surface area contributed by atoms with Gasteiger partial charge in [0.05, 0.1) is 0 Å². The van der Waals surface area contributed by atoms with Crippen LogP contribution in [0.25, 0.3) is 11.4 Å². The minimum absolute atomic E-state index is 0.829. The summed E-state index contributed by atoms with van der Waals surface area (Å²) in [4.78, 5) is 8.99. The highest BCUT2D eigenvalue weighted by molar-refractivity contribution is 5.55. The van der Waals surface area contributed by atoms with Crippen molar-refractivity contribution < 1.29 is 0 Å². The SMILES string of the molecule is CCCCCc1ccc(-c2ncc(CCCC)cn2)cc1. The van der Waals surface area contributed by atoms with Gasteiger partial charge >= 0.3 is 0 Å². The minimum atomic E-state index is 0.829. The second-order valence-corrected chi connectivity index (χ2v) is 5.67. The Kier molecular flexibility index (Phi) is 6.39. The first-order valence-electron chi connectivity index (χ1n) is 8.23. The van der Waals surface area contributed by atoms with Crippen LogP contribution < -0.4 is 0 Å². The molecule has 0 aliphatic heterocycles. The lowest BCUT2D eigenvalue weighted by Gasteiger charge is -2.04. The summed E-state index contributed by atoms with van der Waals surface area (Å²) < 4.78 is 0. The topological polar surface area (TPSA) is 25.8 Å². The number of aromatic nitrogens is 2. The van der Waals surface area contributed by atoms with Gasteiger partial charge in [-0.1, -0.05) is 57.4 Å². The summed E-state index contributed by atoms with van der Waals surface area (Å²) in [5, 5.41) is 0. The van der Waals surface area contributed by atoms with Gasteiger partial charge in [0.25, 0.3) is 0 Å². The van der Waals surface area contributed by atoms with E-state index < -0.39 is 0 Å². The van der Waals surface area contributed by atoms with Crippen LogP contribution in [0.15, 0.2) is 36.7 Å². The quantitative estimate of drug-likeness (QED) is 0.620. The zero-order valence-corrected chi connectivity index (χ0v) is 13.3. The van der Waals surface area contributed by atoms with Crippen LogP contribution in [0.5, 0.6) is 0 Å². The van der Waals surface area contributed by atoms with E-state index >= 15 is 0 Å². The average Bonchev–Trinajstić information content (AvgIpc) is 2.54. The Bertz CT molecular complexity index is 514. The molecule has 0 spiro atoms. The Hall–Kier alpha value is -1.70. The smallest absolute Gasteiger partial charge is 0.159 e. The molecule has 21 heavy (non-hydrogen) atoms. The lowest BCUT2D eigenvalue weighted by atomic mass is 10.1. The van der Waals surface area contributed by atoms with E-state index in [1.807, 2.05) is 12.4 Å². The van der Waals surface area contributed by atoms with Crippen molar-refractivity contribution in [3.63, 3.8) is 0 Å². The summed E-state index contributed by atoms with van der Waals surface area (Å²) in [6.07, 6.45) is 12.5. The fourth-order valence-corrected chi connectivity index (χ4v) is 2.41. The number of nitrogens with zero attached hydrogens (tertiary/aromatic N) is 2. The van der Waals surface area contributed by atoms with E-state index in [-0.39, 0.29) is 0 Å². The molecule has 0 N–H and O–H groups in total. The van der Waals surface area contributed by atoms with E-state index in [1.165, 1.54) is 49.7 Å². The molecule has 0 bridgehead atoms.